The summed E-state index contributed by atoms with van der Waals surface area (Å²) in [6.07, 6.45) is 2.36. The summed E-state index contributed by atoms with van der Waals surface area (Å²) < 4.78 is 0. The van der Waals surface area contributed by atoms with Gasteiger partial charge in [-0.1, -0.05) is 25.1 Å². The Morgan fingerprint density at radius 3 is 2.76 bits per heavy atom. The number of hydrogen-bond acceptors (Lipinski definition) is 4. The lowest BCUT2D eigenvalue weighted by molar-refractivity contribution is 0.253. The van der Waals surface area contributed by atoms with Crippen LogP contribution in [0.2, 0.25) is 0 Å². The van der Waals surface area contributed by atoms with Crippen LogP contribution in [0, 0.1) is 11.8 Å². The summed E-state index contributed by atoms with van der Waals surface area (Å²) in [5.41, 5.74) is 2.51. The molecule has 114 valence electrons. The minimum atomic E-state index is 0.150. The van der Waals surface area contributed by atoms with Gasteiger partial charge in [0.1, 0.15) is 5.69 Å². The van der Waals surface area contributed by atoms with Gasteiger partial charge in [0.15, 0.2) is 5.17 Å². The molecule has 0 saturated carbocycles. The Bertz CT molecular complexity index is 554. The van der Waals surface area contributed by atoms with Crippen LogP contribution >= 0.6 is 11.8 Å². The van der Waals surface area contributed by atoms with Crippen LogP contribution in [-0.2, 0) is 0 Å². The van der Waals surface area contributed by atoms with Crippen molar-refractivity contribution in [3.05, 3.63) is 28.7 Å². The Kier molecular flexibility index (Phi) is 5.04. The second-order valence-corrected chi connectivity index (χ2v) is 7.01. The lowest BCUT2D eigenvalue weighted by atomic mass is 10.1. The van der Waals surface area contributed by atoms with Gasteiger partial charge in [0, 0.05) is 17.8 Å². The summed E-state index contributed by atoms with van der Waals surface area (Å²) in [4.78, 5) is 17.8. The lowest BCUT2D eigenvalue weighted by Crippen LogP contribution is -2.42. The van der Waals surface area contributed by atoms with E-state index >= 15 is 0 Å². The van der Waals surface area contributed by atoms with E-state index in [1.54, 1.807) is 12.1 Å². The molecule has 1 heterocycles. The Morgan fingerprint density at radius 2 is 2.14 bits per heavy atom. The first-order valence-electron chi connectivity index (χ1n) is 7.41. The molecule has 0 N–H and O–H groups in total. The van der Waals surface area contributed by atoms with Crippen molar-refractivity contribution >= 4 is 28.3 Å². The first-order valence-corrected chi connectivity index (χ1v) is 8.39. The lowest BCUT2D eigenvalue weighted by Gasteiger charge is -2.32. The molecule has 5 heteroatoms. The summed E-state index contributed by atoms with van der Waals surface area (Å²) in [6, 6.07) is 5.39. The molecule has 2 rings (SSSR count). The third-order valence-electron chi connectivity index (χ3n) is 3.75. The van der Waals surface area contributed by atoms with Crippen LogP contribution in [0.25, 0.3) is 0 Å². The fourth-order valence-electron chi connectivity index (χ4n) is 2.39. The van der Waals surface area contributed by atoms with Crippen molar-refractivity contribution in [1.82, 2.24) is 4.90 Å². The standard InChI is InChI=1S/C16H23N3OS/c1-5-6-9-19-15(21-11-16(19,3)4)17-14-8-7-13(18-20)10-12(14)2/h7-8,10H,5-6,9,11H2,1-4H3. The first kappa shape index (κ1) is 16.0. The highest BCUT2D eigenvalue weighted by Crippen LogP contribution is 2.35. The summed E-state index contributed by atoms with van der Waals surface area (Å²) in [6.45, 7) is 9.76. The average molecular weight is 305 g/mol. The van der Waals surface area contributed by atoms with E-state index in [9.17, 15) is 4.91 Å². The second-order valence-electron chi connectivity index (χ2n) is 6.06. The van der Waals surface area contributed by atoms with Gasteiger partial charge in [0.25, 0.3) is 0 Å². The number of unbranched alkanes of at least 4 members (excludes halogenated alkanes) is 1. The van der Waals surface area contributed by atoms with Gasteiger partial charge in [-0.3, -0.25) is 0 Å². The number of nitrogens with zero attached hydrogens (tertiary/aromatic N) is 3. The number of hydrogen-bond donors (Lipinski definition) is 0. The van der Waals surface area contributed by atoms with Crippen LogP contribution in [0.5, 0.6) is 0 Å². The van der Waals surface area contributed by atoms with Crippen molar-refractivity contribution in [3.8, 4) is 0 Å². The fraction of sp³-hybridized carbons (Fsp3) is 0.562. The molecule has 0 bridgehead atoms. The van der Waals surface area contributed by atoms with Gasteiger partial charge < -0.3 is 4.90 Å². The van der Waals surface area contributed by atoms with E-state index in [2.05, 4.69) is 30.8 Å². The average Bonchev–Trinajstić information content (AvgIpc) is 2.73. The van der Waals surface area contributed by atoms with Crippen molar-refractivity contribution in [1.29, 1.82) is 0 Å². The molecule has 4 nitrogen and oxygen atoms in total. The van der Waals surface area contributed by atoms with Gasteiger partial charge in [-0.15, -0.1) is 4.91 Å². The monoisotopic (exact) mass is 305 g/mol. The molecule has 1 fully saturated rings. The molecule has 1 aromatic carbocycles. The molecule has 1 aliphatic heterocycles. The zero-order chi connectivity index (χ0) is 15.5. The fourth-order valence-corrected chi connectivity index (χ4v) is 3.68. The van der Waals surface area contributed by atoms with Crippen molar-refractivity contribution < 1.29 is 0 Å². The Morgan fingerprint density at radius 1 is 1.38 bits per heavy atom. The maximum Gasteiger partial charge on any atom is 0.164 e. The van der Waals surface area contributed by atoms with Crippen LogP contribution < -0.4 is 0 Å². The highest BCUT2D eigenvalue weighted by molar-refractivity contribution is 8.14. The molecular weight excluding hydrogens is 282 g/mol. The van der Waals surface area contributed by atoms with Gasteiger partial charge in [0.05, 0.1) is 5.69 Å². The SMILES string of the molecule is CCCCN1C(=Nc2ccc(N=O)cc2C)SCC1(C)C. The predicted molar refractivity (Wildman–Crippen MR) is 91.9 cm³/mol. The van der Waals surface area contributed by atoms with Gasteiger partial charge >= 0.3 is 0 Å². The smallest absolute Gasteiger partial charge is 0.164 e. The number of aliphatic imine (C=N–C) groups is 1. The summed E-state index contributed by atoms with van der Waals surface area (Å²) in [5.74, 6) is 1.06. The Labute approximate surface area is 131 Å². The number of aryl methyl sites for hydroxylation is 1. The highest BCUT2D eigenvalue weighted by Gasteiger charge is 2.36. The van der Waals surface area contributed by atoms with E-state index < -0.39 is 0 Å². The van der Waals surface area contributed by atoms with E-state index in [0.29, 0.717) is 5.69 Å². The second kappa shape index (κ2) is 6.60. The van der Waals surface area contributed by atoms with Crippen LogP contribution in [0.15, 0.2) is 28.4 Å². The number of amidine groups is 1. The molecule has 1 aliphatic rings. The van der Waals surface area contributed by atoms with Crippen molar-refractivity contribution in [3.63, 3.8) is 0 Å². The number of thioether (sulfide) groups is 1. The van der Waals surface area contributed by atoms with Crippen LogP contribution in [-0.4, -0.2) is 27.9 Å². The van der Waals surface area contributed by atoms with Gasteiger partial charge in [-0.05, 0) is 56.1 Å². The summed E-state index contributed by atoms with van der Waals surface area (Å²) >= 11 is 1.81. The third kappa shape index (κ3) is 3.64. The first-order chi connectivity index (χ1) is 9.97. The molecule has 21 heavy (non-hydrogen) atoms. The van der Waals surface area contributed by atoms with Gasteiger partial charge in [-0.25, -0.2) is 4.99 Å². The maximum absolute atomic E-state index is 10.6. The normalized spacial score (nSPS) is 19.2. The van der Waals surface area contributed by atoms with Crippen LogP contribution in [0.1, 0.15) is 39.2 Å². The minimum Gasteiger partial charge on any atom is -0.345 e. The molecular formula is C16H23N3OS. The van der Waals surface area contributed by atoms with Crippen molar-refractivity contribution in [2.45, 2.75) is 46.1 Å². The van der Waals surface area contributed by atoms with Crippen LogP contribution in [0.4, 0.5) is 11.4 Å². The molecule has 1 saturated heterocycles. The Balaban J connectivity index is 2.28. The van der Waals surface area contributed by atoms with E-state index in [1.807, 2.05) is 24.8 Å². The molecule has 0 radical (unpaired) electrons. The minimum absolute atomic E-state index is 0.150. The molecule has 0 unspecified atom stereocenters. The van der Waals surface area contributed by atoms with Gasteiger partial charge in [0.2, 0.25) is 0 Å². The number of nitroso groups, excluding NO2 is 1. The number of rotatable bonds is 5. The molecule has 1 aromatic rings. The molecule has 0 aromatic heterocycles. The quantitative estimate of drug-likeness (QED) is 0.718. The predicted octanol–water partition coefficient (Wildman–Crippen LogP) is 5.01. The topological polar surface area (TPSA) is 45.0 Å². The van der Waals surface area contributed by atoms with Crippen LogP contribution in [0.3, 0.4) is 0 Å². The molecule has 0 spiro atoms. The summed E-state index contributed by atoms with van der Waals surface area (Å²) in [5, 5.41) is 4.06. The maximum atomic E-state index is 10.6. The Hall–Kier alpha value is -1.36. The number of benzene rings is 1. The zero-order valence-electron chi connectivity index (χ0n) is 13.2. The van der Waals surface area contributed by atoms with E-state index in [-0.39, 0.29) is 5.54 Å². The van der Waals surface area contributed by atoms with Crippen molar-refractivity contribution in [2.75, 3.05) is 12.3 Å². The highest BCUT2D eigenvalue weighted by atomic mass is 32.2. The van der Waals surface area contributed by atoms with E-state index in [4.69, 9.17) is 4.99 Å². The summed E-state index contributed by atoms with van der Waals surface area (Å²) in [7, 11) is 0. The molecule has 0 atom stereocenters. The van der Waals surface area contributed by atoms with Gasteiger partial charge in [-0.2, -0.15) is 0 Å². The molecule has 0 aliphatic carbocycles. The van der Waals surface area contributed by atoms with E-state index in [1.165, 1.54) is 12.8 Å². The largest absolute Gasteiger partial charge is 0.345 e. The molecule has 0 amide bonds. The van der Waals surface area contributed by atoms with Crippen molar-refractivity contribution in [2.24, 2.45) is 10.2 Å². The van der Waals surface area contributed by atoms with E-state index in [0.717, 1.165) is 28.7 Å². The zero-order valence-corrected chi connectivity index (χ0v) is 14.0. The third-order valence-corrected chi connectivity index (χ3v) is 5.17.